The third-order valence-electron chi connectivity index (χ3n) is 0.489. The van der Waals surface area contributed by atoms with Gasteiger partial charge >= 0.3 is 5.97 Å². The molecule has 0 fully saturated rings. The highest BCUT2D eigenvalue weighted by molar-refractivity contribution is 5.88. The molecule has 0 bridgehead atoms. The zero-order valence-electron chi connectivity index (χ0n) is 4.79. The average Bonchev–Trinajstić information content (AvgIpc) is 1.83. The Balaban J connectivity index is 3.73. The minimum absolute atomic E-state index is 0.789. The fourth-order valence-corrected chi connectivity index (χ4v) is 0.175. The van der Waals surface area contributed by atoms with E-state index in [4.69, 9.17) is 10.2 Å². The second-order valence-corrected chi connectivity index (χ2v) is 1.13. The fourth-order valence-electron chi connectivity index (χ4n) is 0.175. The first-order chi connectivity index (χ1) is 4.16. The molecule has 0 unspecified atom stereocenters. The summed E-state index contributed by atoms with van der Waals surface area (Å²) in [6.45, 7) is 0. The summed E-state index contributed by atoms with van der Waals surface area (Å²) in [5.74, 6) is 2.81. The predicted octanol–water partition coefficient (Wildman–Crippen LogP) is -1.53. The van der Waals surface area contributed by atoms with Crippen LogP contribution in [0.3, 0.4) is 0 Å². The molecule has 50 valence electrons. The molecule has 0 aliphatic carbocycles. The average molecular weight is 130 g/mol. The second kappa shape index (κ2) is 3.89. The number of hydrogen-bond acceptors (Lipinski definition) is 4. The number of ether oxygens (including phenoxy) is 1. The lowest BCUT2D eigenvalue weighted by Gasteiger charge is -1.86. The van der Waals surface area contributed by atoms with E-state index in [1.54, 1.807) is 5.92 Å². The predicted molar refractivity (Wildman–Crippen MR) is 28.0 cm³/mol. The number of carbonyl (C=O) groups excluding carboxylic acids is 1. The van der Waals surface area contributed by atoms with E-state index in [1.165, 1.54) is 0 Å². The molecule has 0 heterocycles. The Morgan fingerprint density at radius 1 is 1.67 bits per heavy atom. The smallest absolute Gasteiger partial charge is 0.384 e. The summed E-state index contributed by atoms with van der Waals surface area (Å²) in [6.07, 6.45) is -1.77. The molecule has 2 N–H and O–H groups in total. The van der Waals surface area contributed by atoms with E-state index < -0.39 is 12.3 Å². The molecule has 0 aromatic carbocycles. The van der Waals surface area contributed by atoms with E-state index in [2.05, 4.69) is 4.74 Å². The van der Waals surface area contributed by atoms with Crippen LogP contribution >= 0.6 is 0 Å². The standard InChI is InChI=1S/C5H6O4/c1-9-5(8)3-2-4(6)7/h4,6-7H,1H3. The van der Waals surface area contributed by atoms with Crippen LogP contribution in [0.2, 0.25) is 0 Å². The Morgan fingerprint density at radius 3 is 2.56 bits per heavy atom. The summed E-state index contributed by atoms with van der Waals surface area (Å²) in [5.41, 5.74) is 0. The van der Waals surface area contributed by atoms with Crippen molar-refractivity contribution in [2.75, 3.05) is 7.11 Å². The second-order valence-electron chi connectivity index (χ2n) is 1.13. The zero-order valence-corrected chi connectivity index (χ0v) is 4.79. The van der Waals surface area contributed by atoms with Gasteiger partial charge < -0.3 is 14.9 Å². The summed E-state index contributed by atoms with van der Waals surface area (Å²) >= 11 is 0. The van der Waals surface area contributed by atoms with Crippen molar-refractivity contribution in [1.29, 1.82) is 0 Å². The summed E-state index contributed by atoms with van der Waals surface area (Å²) in [5, 5.41) is 16.1. The van der Waals surface area contributed by atoms with Gasteiger partial charge in [-0.05, 0) is 5.92 Å². The Morgan fingerprint density at radius 2 is 2.22 bits per heavy atom. The maximum absolute atomic E-state index is 10.1. The van der Waals surface area contributed by atoms with Gasteiger partial charge in [0.05, 0.1) is 7.11 Å². The highest BCUT2D eigenvalue weighted by Gasteiger charge is 1.90. The normalized spacial score (nSPS) is 8.00. The molecule has 0 saturated carbocycles. The van der Waals surface area contributed by atoms with Crippen LogP contribution in [-0.2, 0) is 9.53 Å². The van der Waals surface area contributed by atoms with E-state index in [-0.39, 0.29) is 0 Å². The molecule has 0 spiro atoms. The van der Waals surface area contributed by atoms with Crippen LogP contribution in [0.5, 0.6) is 0 Å². The number of esters is 1. The number of rotatable bonds is 0. The lowest BCUT2D eigenvalue weighted by molar-refractivity contribution is -0.133. The van der Waals surface area contributed by atoms with Crippen molar-refractivity contribution in [3.8, 4) is 11.8 Å². The van der Waals surface area contributed by atoms with Crippen molar-refractivity contribution in [2.24, 2.45) is 0 Å². The van der Waals surface area contributed by atoms with Crippen LogP contribution in [0.4, 0.5) is 0 Å². The minimum atomic E-state index is -1.77. The Bertz CT molecular complexity index is 150. The van der Waals surface area contributed by atoms with Crippen LogP contribution in [0.25, 0.3) is 0 Å². The molecule has 0 saturated heterocycles. The highest BCUT2D eigenvalue weighted by atomic mass is 16.5. The SMILES string of the molecule is COC(=O)C#CC(O)O. The molecule has 0 radical (unpaired) electrons. The highest BCUT2D eigenvalue weighted by Crippen LogP contribution is 1.70. The van der Waals surface area contributed by atoms with Crippen LogP contribution in [0.1, 0.15) is 0 Å². The Labute approximate surface area is 52.1 Å². The van der Waals surface area contributed by atoms with Gasteiger partial charge in [0.25, 0.3) is 0 Å². The molecular weight excluding hydrogens is 124 g/mol. The third-order valence-corrected chi connectivity index (χ3v) is 0.489. The zero-order chi connectivity index (χ0) is 7.28. The molecule has 0 aromatic rings. The molecule has 4 heteroatoms. The van der Waals surface area contributed by atoms with Crippen molar-refractivity contribution in [2.45, 2.75) is 6.29 Å². The first kappa shape index (κ1) is 7.95. The summed E-state index contributed by atoms with van der Waals surface area (Å²) in [6, 6.07) is 0. The third kappa shape index (κ3) is 4.81. The monoisotopic (exact) mass is 130 g/mol. The molecule has 9 heavy (non-hydrogen) atoms. The number of hydrogen-bond donors (Lipinski definition) is 2. The van der Waals surface area contributed by atoms with E-state index in [1.807, 2.05) is 5.92 Å². The number of aliphatic hydroxyl groups is 2. The molecule has 0 aromatic heterocycles. The maximum atomic E-state index is 10.1. The van der Waals surface area contributed by atoms with Gasteiger partial charge in [0.15, 0.2) is 0 Å². The lowest BCUT2D eigenvalue weighted by atomic mass is 10.5. The quantitative estimate of drug-likeness (QED) is 0.181. The first-order valence-corrected chi connectivity index (χ1v) is 2.12. The van der Waals surface area contributed by atoms with E-state index in [0.29, 0.717) is 0 Å². The molecule has 0 rings (SSSR count). The van der Waals surface area contributed by atoms with Crippen LogP contribution < -0.4 is 0 Å². The van der Waals surface area contributed by atoms with Gasteiger partial charge in [0.2, 0.25) is 6.29 Å². The molecule has 0 aliphatic rings. The molecule has 0 amide bonds. The van der Waals surface area contributed by atoms with E-state index in [0.717, 1.165) is 7.11 Å². The minimum Gasteiger partial charge on any atom is -0.459 e. The maximum Gasteiger partial charge on any atom is 0.384 e. The van der Waals surface area contributed by atoms with Crippen molar-refractivity contribution in [1.82, 2.24) is 0 Å². The molecular formula is C5H6O4. The van der Waals surface area contributed by atoms with Gasteiger partial charge in [-0.15, -0.1) is 0 Å². The molecule has 0 atom stereocenters. The Kier molecular flexibility index (Phi) is 3.44. The first-order valence-electron chi connectivity index (χ1n) is 2.12. The topological polar surface area (TPSA) is 66.8 Å². The Hall–Kier alpha value is -1.05. The van der Waals surface area contributed by atoms with Gasteiger partial charge in [-0.3, -0.25) is 0 Å². The lowest BCUT2D eigenvalue weighted by Crippen LogP contribution is -2.01. The summed E-state index contributed by atoms with van der Waals surface area (Å²) in [7, 11) is 1.15. The van der Waals surface area contributed by atoms with Crippen molar-refractivity contribution in [3.63, 3.8) is 0 Å². The number of aliphatic hydroxyl groups excluding tert-OH is 1. The molecule has 4 nitrogen and oxygen atoms in total. The van der Waals surface area contributed by atoms with Crippen molar-refractivity contribution < 1.29 is 19.7 Å². The van der Waals surface area contributed by atoms with Gasteiger partial charge in [-0.1, -0.05) is 0 Å². The van der Waals surface area contributed by atoms with E-state index >= 15 is 0 Å². The largest absolute Gasteiger partial charge is 0.459 e. The fraction of sp³-hybridized carbons (Fsp3) is 0.400. The summed E-state index contributed by atoms with van der Waals surface area (Å²) in [4.78, 5) is 10.1. The van der Waals surface area contributed by atoms with Crippen molar-refractivity contribution in [3.05, 3.63) is 0 Å². The van der Waals surface area contributed by atoms with Gasteiger partial charge in [0, 0.05) is 5.92 Å². The van der Waals surface area contributed by atoms with Gasteiger partial charge in [-0.25, -0.2) is 4.79 Å². The van der Waals surface area contributed by atoms with E-state index in [9.17, 15) is 4.79 Å². The summed E-state index contributed by atoms with van der Waals surface area (Å²) < 4.78 is 4.07. The van der Waals surface area contributed by atoms with Gasteiger partial charge in [-0.2, -0.15) is 0 Å². The van der Waals surface area contributed by atoms with Gasteiger partial charge in [0.1, 0.15) is 0 Å². The molecule has 0 aliphatic heterocycles. The van der Waals surface area contributed by atoms with Crippen LogP contribution in [-0.4, -0.2) is 29.6 Å². The van der Waals surface area contributed by atoms with Crippen LogP contribution in [0, 0.1) is 11.8 Å². The number of carbonyl (C=O) groups is 1. The van der Waals surface area contributed by atoms with Crippen molar-refractivity contribution >= 4 is 5.97 Å². The van der Waals surface area contributed by atoms with Crippen LogP contribution in [0.15, 0.2) is 0 Å². The number of methoxy groups -OCH3 is 1.